The zero-order valence-corrected chi connectivity index (χ0v) is 14.8. The van der Waals surface area contributed by atoms with Gasteiger partial charge in [-0.05, 0) is 40.9 Å². The van der Waals surface area contributed by atoms with Crippen LogP contribution in [-0.4, -0.2) is 26.2 Å². The number of nitrogens with zero attached hydrogens (tertiary/aromatic N) is 1. The molecule has 2 rings (SSSR count). The highest BCUT2D eigenvalue weighted by atomic mass is 79.9. The lowest BCUT2D eigenvalue weighted by molar-refractivity contribution is -0.117. The van der Waals surface area contributed by atoms with Crippen LogP contribution in [0.2, 0.25) is 0 Å². The van der Waals surface area contributed by atoms with E-state index in [0.29, 0.717) is 17.1 Å². The summed E-state index contributed by atoms with van der Waals surface area (Å²) in [5.41, 5.74) is 0.700. The summed E-state index contributed by atoms with van der Waals surface area (Å²) >= 11 is 3.40. The van der Waals surface area contributed by atoms with Crippen molar-refractivity contribution in [3.63, 3.8) is 0 Å². The summed E-state index contributed by atoms with van der Waals surface area (Å²) in [6, 6.07) is 5.61. The molecule has 6 heteroatoms. The minimum absolute atomic E-state index is 0.0623. The lowest BCUT2D eigenvalue weighted by Crippen LogP contribution is -2.33. The van der Waals surface area contributed by atoms with Crippen LogP contribution in [0.4, 0.5) is 0 Å². The molecular weight excluding hydrogens is 360 g/mol. The van der Waals surface area contributed by atoms with Gasteiger partial charge < -0.3 is 14.8 Å². The molecule has 1 saturated carbocycles. The normalized spacial score (nSPS) is 15.1. The second kappa shape index (κ2) is 8.02. The van der Waals surface area contributed by atoms with E-state index in [1.54, 1.807) is 19.2 Å². The Morgan fingerprint density at radius 1 is 1.30 bits per heavy atom. The topological polar surface area (TPSA) is 71.3 Å². The van der Waals surface area contributed by atoms with Crippen LogP contribution < -0.4 is 14.8 Å². The highest BCUT2D eigenvalue weighted by molar-refractivity contribution is 9.10. The van der Waals surface area contributed by atoms with Crippen LogP contribution >= 0.6 is 15.9 Å². The number of carbonyl (C=O) groups is 1. The van der Waals surface area contributed by atoms with Gasteiger partial charge in [-0.25, -0.2) is 0 Å². The average Bonchev–Trinajstić information content (AvgIpc) is 3.05. The molecule has 5 nitrogen and oxygen atoms in total. The molecule has 0 heterocycles. The predicted molar refractivity (Wildman–Crippen MR) is 91.2 cm³/mol. The first-order valence-corrected chi connectivity index (χ1v) is 8.22. The first-order chi connectivity index (χ1) is 11.1. The number of nitrogens with one attached hydrogen (secondary N) is 1. The highest BCUT2D eigenvalue weighted by Crippen LogP contribution is 2.34. The van der Waals surface area contributed by atoms with E-state index in [2.05, 4.69) is 21.2 Å². The molecule has 0 saturated heterocycles. The number of hydrogen-bond donors (Lipinski definition) is 1. The summed E-state index contributed by atoms with van der Waals surface area (Å²) in [5, 5.41) is 12.2. The Kier molecular flexibility index (Phi) is 6.05. The summed E-state index contributed by atoms with van der Waals surface area (Å²) in [4.78, 5) is 12.3. The number of benzene rings is 1. The molecule has 1 aromatic carbocycles. The van der Waals surface area contributed by atoms with Crippen LogP contribution in [0.1, 0.15) is 31.2 Å². The molecule has 1 aliphatic carbocycles. The summed E-state index contributed by atoms with van der Waals surface area (Å²) < 4.78 is 11.3. The van der Waals surface area contributed by atoms with Gasteiger partial charge in [-0.1, -0.05) is 12.8 Å². The SMILES string of the molecule is COc1cc(OC)c(/C=C(/C#N)C(=O)NC2CCCC2)cc1Br. The third-order valence-corrected chi connectivity index (χ3v) is 4.48. The van der Waals surface area contributed by atoms with Crippen molar-refractivity contribution in [2.45, 2.75) is 31.7 Å². The zero-order chi connectivity index (χ0) is 16.8. The van der Waals surface area contributed by atoms with Crippen LogP contribution in [0.5, 0.6) is 11.5 Å². The van der Waals surface area contributed by atoms with E-state index in [4.69, 9.17) is 9.47 Å². The smallest absolute Gasteiger partial charge is 0.262 e. The Bertz CT molecular complexity index is 659. The number of nitriles is 1. The van der Waals surface area contributed by atoms with Crippen molar-refractivity contribution in [2.75, 3.05) is 14.2 Å². The van der Waals surface area contributed by atoms with Crippen molar-refractivity contribution in [2.24, 2.45) is 0 Å². The van der Waals surface area contributed by atoms with Gasteiger partial charge in [-0.15, -0.1) is 0 Å². The highest BCUT2D eigenvalue weighted by Gasteiger charge is 2.20. The van der Waals surface area contributed by atoms with Crippen LogP contribution in [-0.2, 0) is 4.79 Å². The monoisotopic (exact) mass is 378 g/mol. The molecule has 0 spiro atoms. The van der Waals surface area contributed by atoms with Crippen molar-refractivity contribution in [1.82, 2.24) is 5.32 Å². The second-order valence-electron chi connectivity index (χ2n) is 5.35. The number of hydrogen-bond acceptors (Lipinski definition) is 4. The van der Waals surface area contributed by atoms with Crippen molar-refractivity contribution >= 4 is 27.9 Å². The minimum atomic E-state index is -0.339. The van der Waals surface area contributed by atoms with Gasteiger partial charge in [0, 0.05) is 17.7 Å². The van der Waals surface area contributed by atoms with Crippen LogP contribution in [0.15, 0.2) is 22.2 Å². The van der Waals surface area contributed by atoms with Crippen LogP contribution in [0.25, 0.3) is 6.08 Å². The van der Waals surface area contributed by atoms with Gasteiger partial charge in [0.25, 0.3) is 5.91 Å². The van der Waals surface area contributed by atoms with Gasteiger partial charge >= 0.3 is 0 Å². The Labute approximate surface area is 144 Å². The van der Waals surface area contributed by atoms with Crippen molar-refractivity contribution < 1.29 is 14.3 Å². The third-order valence-electron chi connectivity index (χ3n) is 3.86. The number of carbonyl (C=O) groups excluding carboxylic acids is 1. The van der Waals surface area contributed by atoms with E-state index < -0.39 is 0 Å². The Hall–Kier alpha value is -2.00. The molecule has 1 amide bonds. The molecule has 23 heavy (non-hydrogen) atoms. The Morgan fingerprint density at radius 3 is 2.52 bits per heavy atom. The quantitative estimate of drug-likeness (QED) is 0.629. The first kappa shape index (κ1) is 17.4. The van der Waals surface area contributed by atoms with E-state index in [9.17, 15) is 10.1 Å². The fraction of sp³-hybridized carbons (Fsp3) is 0.412. The third kappa shape index (κ3) is 4.26. The van der Waals surface area contributed by atoms with Crippen LogP contribution in [0, 0.1) is 11.3 Å². The van der Waals surface area contributed by atoms with Crippen molar-refractivity contribution in [3.8, 4) is 17.6 Å². The predicted octanol–water partition coefficient (Wildman–Crippen LogP) is 3.43. The molecule has 122 valence electrons. The Balaban J connectivity index is 2.28. The summed E-state index contributed by atoms with van der Waals surface area (Å²) in [6.07, 6.45) is 5.72. The van der Waals surface area contributed by atoms with Gasteiger partial charge in [0.1, 0.15) is 23.1 Å². The fourth-order valence-electron chi connectivity index (χ4n) is 2.63. The lowest BCUT2D eigenvalue weighted by atomic mass is 10.1. The standard InChI is InChI=1S/C17H19BrN2O3/c1-22-15-9-16(23-2)14(18)8-11(15)7-12(10-19)17(21)20-13-5-3-4-6-13/h7-9,13H,3-6H2,1-2H3,(H,20,21)/b12-7-. The van der Waals surface area contributed by atoms with Crippen molar-refractivity contribution in [3.05, 3.63) is 27.7 Å². The minimum Gasteiger partial charge on any atom is -0.496 e. The Morgan fingerprint density at radius 2 is 1.96 bits per heavy atom. The number of methoxy groups -OCH3 is 2. The van der Waals surface area contributed by atoms with E-state index in [0.717, 1.165) is 30.2 Å². The maximum atomic E-state index is 12.3. The van der Waals surface area contributed by atoms with E-state index >= 15 is 0 Å². The largest absolute Gasteiger partial charge is 0.496 e. The molecule has 0 atom stereocenters. The van der Waals surface area contributed by atoms with Gasteiger partial charge in [0.15, 0.2) is 0 Å². The van der Waals surface area contributed by atoms with Gasteiger partial charge in [0.2, 0.25) is 0 Å². The van der Waals surface area contributed by atoms with E-state index in [1.165, 1.54) is 13.2 Å². The fourth-order valence-corrected chi connectivity index (χ4v) is 3.16. The molecular formula is C17H19BrN2O3. The van der Waals surface area contributed by atoms with Crippen LogP contribution in [0.3, 0.4) is 0 Å². The number of rotatable bonds is 5. The molecule has 1 aromatic rings. The molecule has 0 radical (unpaired) electrons. The average molecular weight is 379 g/mol. The maximum absolute atomic E-state index is 12.3. The lowest BCUT2D eigenvalue weighted by Gasteiger charge is -2.12. The molecule has 1 N–H and O–H groups in total. The van der Waals surface area contributed by atoms with Gasteiger partial charge in [-0.3, -0.25) is 4.79 Å². The maximum Gasteiger partial charge on any atom is 0.262 e. The van der Waals surface area contributed by atoms with E-state index in [1.807, 2.05) is 6.07 Å². The zero-order valence-electron chi connectivity index (χ0n) is 13.2. The van der Waals surface area contributed by atoms with E-state index in [-0.39, 0.29) is 17.5 Å². The molecule has 0 aliphatic heterocycles. The molecule has 1 aliphatic rings. The molecule has 0 unspecified atom stereocenters. The summed E-state index contributed by atoms with van der Waals surface area (Å²) in [5.74, 6) is 0.813. The van der Waals surface area contributed by atoms with Gasteiger partial charge in [0.05, 0.1) is 18.7 Å². The molecule has 1 fully saturated rings. The summed E-state index contributed by atoms with van der Waals surface area (Å²) in [7, 11) is 3.09. The first-order valence-electron chi connectivity index (χ1n) is 7.43. The second-order valence-corrected chi connectivity index (χ2v) is 6.21. The van der Waals surface area contributed by atoms with Gasteiger partial charge in [-0.2, -0.15) is 5.26 Å². The number of amides is 1. The summed E-state index contributed by atoms with van der Waals surface area (Å²) in [6.45, 7) is 0. The number of ether oxygens (including phenoxy) is 2. The molecule has 0 bridgehead atoms. The molecule has 0 aromatic heterocycles. The van der Waals surface area contributed by atoms with Crippen molar-refractivity contribution in [1.29, 1.82) is 5.26 Å². The number of halogens is 1.